The van der Waals surface area contributed by atoms with Crippen molar-refractivity contribution in [2.24, 2.45) is 0 Å². The van der Waals surface area contributed by atoms with Crippen molar-refractivity contribution < 1.29 is 13.6 Å². The lowest BCUT2D eigenvalue weighted by atomic mass is 10.2. The van der Waals surface area contributed by atoms with Gasteiger partial charge in [0.2, 0.25) is 5.91 Å². The van der Waals surface area contributed by atoms with Gasteiger partial charge in [-0.3, -0.25) is 4.79 Å². The summed E-state index contributed by atoms with van der Waals surface area (Å²) in [4.78, 5) is 12.5. The first-order valence-corrected chi connectivity index (χ1v) is 10.3. The summed E-state index contributed by atoms with van der Waals surface area (Å²) in [6, 6.07) is 13.4. The number of hydrogen-bond acceptors (Lipinski definition) is 4. The minimum Gasteiger partial charge on any atom is -0.320 e. The predicted octanol–water partition coefficient (Wildman–Crippen LogP) is 4.60. The van der Waals surface area contributed by atoms with Gasteiger partial charge in [-0.25, -0.2) is 8.78 Å². The number of carbonyl (C=O) groups is 1. The zero-order valence-electron chi connectivity index (χ0n) is 15.8. The van der Waals surface area contributed by atoms with E-state index in [9.17, 15) is 13.6 Å². The molecule has 8 heteroatoms. The smallest absolute Gasteiger partial charge is 0.237 e. The fraction of sp³-hybridized carbons (Fsp3) is 0.286. The number of aromatic nitrogens is 3. The molecule has 3 aromatic rings. The lowest BCUT2D eigenvalue weighted by molar-refractivity contribution is -0.115. The average molecular weight is 414 g/mol. The van der Waals surface area contributed by atoms with E-state index in [-0.39, 0.29) is 0 Å². The molecular formula is C21H20F2N4OS. The maximum absolute atomic E-state index is 13.8. The number of anilines is 1. The summed E-state index contributed by atoms with van der Waals surface area (Å²) in [7, 11) is 0. The van der Waals surface area contributed by atoms with Gasteiger partial charge in [0.05, 0.1) is 11.8 Å². The number of nitrogens with zero attached hydrogens (tertiary/aromatic N) is 3. The largest absolute Gasteiger partial charge is 0.320 e. The first-order valence-electron chi connectivity index (χ1n) is 9.41. The maximum Gasteiger partial charge on any atom is 0.237 e. The molecule has 5 nitrogen and oxygen atoms in total. The number of carbonyl (C=O) groups excluding carboxylic acids is 1. The predicted molar refractivity (Wildman–Crippen MR) is 108 cm³/mol. The Bertz CT molecular complexity index is 1000. The van der Waals surface area contributed by atoms with E-state index in [1.165, 1.54) is 17.8 Å². The summed E-state index contributed by atoms with van der Waals surface area (Å²) in [5.74, 6) is -0.792. The number of para-hydroxylation sites is 1. The van der Waals surface area contributed by atoms with E-state index in [1.807, 2.05) is 34.9 Å². The summed E-state index contributed by atoms with van der Waals surface area (Å²) in [5, 5.41) is 11.0. The van der Waals surface area contributed by atoms with Crippen molar-refractivity contribution in [2.45, 2.75) is 42.6 Å². The van der Waals surface area contributed by atoms with Gasteiger partial charge in [-0.2, -0.15) is 0 Å². The van der Waals surface area contributed by atoms with Crippen molar-refractivity contribution in [1.82, 2.24) is 14.8 Å². The van der Waals surface area contributed by atoms with Gasteiger partial charge in [0.1, 0.15) is 23.1 Å². The maximum atomic E-state index is 13.8. The van der Waals surface area contributed by atoms with Crippen LogP contribution in [0.1, 0.15) is 37.1 Å². The minimum absolute atomic E-state index is 0.400. The Balaban J connectivity index is 1.52. The fourth-order valence-electron chi connectivity index (χ4n) is 3.00. The highest BCUT2D eigenvalue weighted by Gasteiger charge is 2.31. The van der Waals surface area contributed by atoms with E-state index in [0.29, 0.717) is 17.6 Å². The van der Waals surface area contributed by atoms with Crippen molar-refractivity contribution in [3.8, 4) is 0 Å². The molecule has 0 bridgehead atoms. The van der Waals surface area contributed by atoms with Crippen molar-refractivity contribution >= 4 is 23.4 Å². The van der Waals surface area contributed by atoms with Crippen molar-refractivity contribution in [3.05, 3.63) is 71.6 Å². The van der Waals surface area contributed by atoms with Crippen LogP contribution in [-0.4, -0.2) is 25.9 Å². The lowest BCUT2D eigenvalue weighted by Gasteiger charge is -2.14. The van der Waals surface area contributed by atoms with E-state index in [4.69, 9.17) is 0 Å². The normalized spacial score (nSPS) is 14.6. The number of amides is 1. The van der Waals surface area contributed by atoms with Crippen LogP contribution in [0.5, 0.6) is 0 Å². The van der Waals surface area contributed by atoms with Crippen LogP contribution in [-0.2, 0) is 11.3 Å². The monoisotopic (exact) mass is 414 g/mol. The van der Waals surface area contributed by atoms with Gasteiger partial charge in [0.25, 0.3) is 0 Å². The molecule has 1 saturated carbocycles. The van der Waals surface area contributed by atoms with Crippen molar-refractivity contribution in [2.75, 3.05) is 5.32 Å². The fourth-order valence-corrected chi connectivity index (χ4v) is 3.85. The summed E-state index contributed by atoms with van der Waals surface area (Å²) < 4.78 is 29.7. The third-order valence-electron chi connectivity index (χ3n) is 4.73. The van der Waals surface area contributed by atoms with E-state index >= 15 is 0 Å². The van der Waals surface area contributed by atoms with Crippen LogP contribution in [0.25, 0.3) is 0 Å². The first kappa shape index (κ1) is 19.6. The van der Waals surface area contributed by atoms with E-state index < -0.39 is 28.5 Å². The average Bonchev–Trinajstić information content (AvgIpc) is 3.49. The molecule has 1 heterocycles. The van der Waals surface area contributed by atoms with E-state index in [1.54, 1.807) is 6.92 Å². The summed E-state index contributed by atoms with van der Waals surface area (Å²) >= 11 is 1.23. The first-order chi connectivity index (χ1) is 14.0. The van der Waals surface area contributed by atoms with Crippen LogP contribution in [0.2, 0.25) is 0 Å². The highest BCUT2D eigenvalue weighted by atomic mass is 32.2. The zero-order chi connectivity index (χ0) is 20.4. The molecule has 1 aliphatic rings. The molecule has 1 amide bonds. The van der Waals surface area contributed by atoms with Gasteiger partial charge >= 0.3 is 0 Å². The van der Waals surface area contributed by atoms with Gasteiger partial charge in [-0.15, -0.1) is 10.2 Å². The second-order valence-electron chi connectivity index (χ2n) is 7.03. The van der Waals surface area contributed by atoms with Crippen LogP contribution < -0.4 is 5.32 Å². The Hall–Kier alpha value is -2.74. The summed E-state index contributed by atoms with van der Waals surface area (Å²) in [6.45, 7) is 2.29. The SMILES string of the molecule is C[C@H](Sc1nnc(C2CC2)n1Cc1ccccc1)C(=O)Nc1c(F)cccc1F. The quantitative estimate of drug-likeness (QED) is 0.574. The molecule has 0 saturated heterocycles. The molecule has 0 aliphatic heterocycles. The number of rotatable bonds is 7. The second kappa shape index (κ2) is 8.32. The Morgan fingerprint density at radius 1 is 1.14 bits per heavy atom. The minimum atomic E-state index is -0.807. The van der Waals surface area contributed by atoms with Gasteiger partial charge in [-0.05, 0) is 37.5 Å². The summed E-state index contributed by atoms with van der Waals surface area (Å²) in [6.07, 6.45) is 2.17. The molecule has 1 N–H and O–H groups in total. The van der Waals surface area contributed by atoms with Gasteiger partial charge in [0, 0.05) is 5.92 Å². The molecule has 1 aromatic heterocycles. The Morgan fingerprint density at radius 3 is 2.48 bits per heavy atom. The van der Waals surface area contributed by atoms with Crippen LogP contribution in [0.3, 0.4) is 0 Å². The Kier molecular flexibility index (Phi) is 5.62. The number of thioether (sulfide) groups is 1. The third kappa shape index (κ3) is 4.48. The number of nitrogens with one attached hydrogen (secondary N) is 1. The summed E-state index contributed by atoms with van der Waals surface area (Å²) in [5.41, 5.74) is 0.677. The highest BCUT2D eigenvalue weighted by Crippen LogP contribution is 2.40. The molecule has 1 atom stereocenters. The molecule has 2 aromatic carbocycles. The third-order valence-corrected chi connectivity index (χ3v) is 5.81. The molecule has 0 unspecified atom stereocenters. The van der Waals surface area contributed by atoms with E-state index in [2.05, 4.69) is 15.5 Å². The molecule has 150 valence electrons. The second-order valence-corrected chi connectivity index (χ2v) is 8.34. The number of benzene rings is 2. The van der Waals surface area contributed by atoms with Crippen LogP contribution in [0, 0.1) is 11.6 Å². The lowest BCUT2D eigenvalue weighted by Crippen LogP contribution is -2.24. The van der Waals surface area contributed by atoms with Crippen molar-refractivity contribution in [3.63, 3.8) is 0 Å². The molecule has 1 fully saturated rings. The number of halogens is 2. The Labute approximate surface area is 171 Å². The van der Waals surface area contributed by atoms with Crippen LogP contribution in [0.4, 0.5) is 14.5 Å². The van der Waals surface area contributed by atoms with Gasteiger partial charge in [0.15, 0.2) is 5.16 Å². The van der Waals surface area contributed by atoms with Gasteiger partial charge in [-0.1, -0.05) is 48.2 Å². The van der Waals surface area contributed by atoms with Gasteiger partial charge < -0.3 is 9.88 Å². The van der Waals surface area contributed by atoms with Crippen LogP contribution >= 0.6 is 11.8 Å². The standard InChI is InChI=1S/C21H20F2N4OS/c1-13(20(28)24-18-16(22)8-5-9-17(18)23)29-21-26-25-19(15-10-11-15)27(21)12-14-6-3-2-4-7-14/h2-9,13,15H,10-12H2,1H3,(H,24,28)/t13-/m0/s1. The molecule has 0 spiro atoms. The Morgan fingerprint density at radius 2 is 1.83 bits per heavy atom. The van der Waals surface area contributed by atoms with E-state index in [0.717, 1.165) is 36.4 Å². The van der Waals surface area contributed by atoms with Crippen LogP contribution in [0.15, 0.2) is 53.7 Å². The molecule has 0 radical (unpaired) electrons. The molecule has 4 rings (SSSR count). The molecular weight excluding hydrogens is 394 g/mol. The van der Waals surface area contributed by atoms with Crippen molar-refractivity contribution in [1.29, 1.82) is 0 Å². The zero-order valence-corrected chi connectivity index (χ0v) is 16.6. The topological polar surface area (TPSA) is 59.8 Å². The number of hydrogen-bond donors (Lipinski definition) is 1. The molecule has 29 heavy (non-hydrogen) atoms. The highest BCUT2D eigenvalue weighted by molar-refractivity contribution is 8.00. The molecule has 1 aliphatic carbocycles.